The number of nitrogens with zero attached hydrogens (tertiary/aromatic N) is 1. The second-order valence-electron chi connectivity index (χ2n) is 11.3. The van der Waals surface area contributed by atoms with Crippen molar-refractivity contribution in [2.24, 2.45) is 11.8 Å². The Bertz CT molecular complexity index is 926. The third-order valence-electron chi connectivity index (χ3n) is 7.08. The maximum atomic E-state index is 13.2. The van der Waals surface area contributed by atoms with Gasteiger partial charge in [0.1, 0.15) is 12.6 Å². The van der Waals surface area contributed by atoms with Crippen molar-refractivity contribution in [1.82, 2.24) is 15.5 Å². The molecule has 3 unspecified atom stereocenters. The van der Waals surface area contributed by atoms with E-state index < -0.39 is 53.6 Å². The third kappa shape index (κ3) is 12.9. The van der Waals surface area contributed by atoms with Crippen LogP contribution in [0.25, 0.3) is 0 Å². The van der Waals surface area contributed by atoms with Gasteiger partial charge < -0.3 is 25.4 Å². The molecule has 0 aromatic heterocycles. The lowest BCUT2D eigenvalue weighted by Crippen LogP contribution is -2.55. The molecule has 10 nitrogen and oxygen atoms in total. The summed E-state index contributed by atoms with van der Waals surface area (Å²) in [5, 5.41) is 15.4. The number of ketones is 1. The average Bonchev–Trinajstić information content (AvgIpc) is 2.88. The van der Waals surface area contributed by atoms with E-state index in [9.17, 15) is 29.1 Å². The zero-order chi connectivity index (χ0) is 30.3. The van der Waals surface area contributed by atoms with Gasteiger partial charge in [0.05, 0.1) is 12.5 Å². The second-order valence-corrected chi connectivity index (χ2v) is 11.3. The summed E-state index contributed by atoms with van der Waals surface area (Å²) in [6.07, 6.45) is 11.7. The summed E-state index contributed by atoms with van der Waals surface area (Å²) in [5.41, 5.74) is -2.37. The first-order valence-corrected chi connectivity index (χ1v) is 14.4. The smallest absolute Gasteiger partial charge is 0.325 e. The molecule has 0 aromatic rings. The van der Waals surface area contributed by atoms with Crippen LogP contribution in [0.5, 0.6) is 0 Å². The minimum atomic E-state index is -2.45. The van der Waals surface area contributed by atoms with E-state index >= 15 is 0 Å². The van der Waals surface area contributed by atoms with Crippen molar-refractivity contribution in [1.29, 1.82) is 0 Å². The molecule has 10 heteroatoms. The van der Waals surface area contributed by atoms with Crippen LogP contribution in [0.3, 0.4) is 0 Å². The van der Waals surface area contributed by atoms with E-state index in [4.69, 9.17) is 4.74 Å². The molecule has 1 aliphatic rings. The molecule has 0 saturated heterocycles. The second kappa shape index (κ2) is 17.6. The first-order valence-electron chi connectivity index (χ1n) is 14.4. The van der Waals surface area contributed by atoms with Gasteiger partial charge >= 0.3 is 5.97 Å². The Balaban J connectivity index is 2.88. The molecule has 0 spiro atoms. The number of likely N-dealkylation sites (N-methyl/N-ethyl adjacent to an activating group) is 1. The summed E-state index contributed by atoms with van der Waals surface area (Å²) < 4.78 is 5.63. The number of ether oxygens (including phenoxy) is 1. The molecule has 0 fully saturated rings. The lowest BCUT2D eigenvalue weighted by Gasteiger charge is -2.29. The normalized spacial score (nSPS) is 24.1. The summed E-state index contributed by atoms with van der Waals surface area (Å²) in [5.74, 6) is -4.02. The van der Waals surface area contributed by atoms with E-state index in [1.165, 1.54) is 52.2 Å². The van der Waals surface area contributed by atoms with Crippen LogP contribution in [-0.4, -0.2) is 71.3 Å². The van der Waals surface area contributed by atoms with Gasteiger partial charge in [-0.1, -0.05) is 78.7 Å². The Morgan fingerprint density at radius 3 is 2.20 bits per heavy atom. The fraction of sp³-hybridized carbons (Fsp3) is 0.700. The Kier molecular flexibility index (Phi) is 15.4. The number of nitrogens with one attached hydrogen (secondary N) is 2. The molecule has 0 saturated carbocycles. The van der Waals surface area contributed by atoms with Crippen LogP contribution in [-0.2, 0) is 28.7 Å². The summed E-state index contributed by atoms with van der Waals surface area (Å²) >= 11 is 0. The molecule has 1 rings (SSSR count). The number of carbonyl (C=O) groups is 5. The monoisotopic (exact) mass is 563 g/mol. The Morgan fingerprint density at radius 2 is 1.60 bits per heavy atom. The maximum Gasteiger partial charge on any atom is 0.325 e. The van der Waals surface area contributed by atoms with Gasteiger partial charge in [0.25, 0.3) is 5.91 Å². The van der Waals surface area contributed by atoms with Gasteiger partial charge in [-0.3, -0.25) is 24.0 Å². The number of rotatable bonds is 11. The number of unbranched alkanes of at least 4 members (excludes halogenated alkanes) is 7. The molecule has 3 N–H and O–H groups in total. The molecule has 0 aliphatic carbocycles. The summed E-state index contributed by atoms with van der Waals surface area (Å²) in [6, 6.07) is 0. The molecular formula is C30H49N3O7. The quantitative estimate of drug-likeness (QED) is 0.199. The van der Waals surface area contributed by atoms with Crippen LogP contribution in [0, 0.1) is 11.8 Å². The number of allylic oxidation sites excluding steroid dienone is 1. The van der Waals surface area contributed by atoms with Crippen LogP contribution in [0.1, 0.15) is 91.9 Å². The van der Waals surface area contributed by atoms with Gasteiger partial charge in [-0.05, 0) is 31.8 Å². The van der Waals surface area contributed by atoms with Gasteiger partial charge in [0.15, 0.2) is 11.4 Å². The SMILES string of the molecule is C=C1C=CC(=O)N(C)CC(=O)OC(CCCCCCCCCCC(C)C)C(C)C(=O)C(C)(O)C(=O)NCC(=O)N1. The first kappa shape index (κ1) is 35.0. The lowest BCUT2D eigenvalue weighted by molar-refractivity contribution is -0.162. The lowest BCUT2D eigenvalue weighted by atomic mass is 9.85. The van der Waals surface area contributed by atoms with Crippen molar-refractivity contribution in [3.8, 4) is 0 Å². The van der Waals surface area contributed by atoms with E-state index in [1.807, 2.05) is 0 Å². The number of esters is 1. The highest BCUT2D eigenvalue weighted by atomic mass is 16.5. The fourth-order valence-electron chi connectivity index (χ4n) is 4.47. The number of aliphatic hydroxyl groups is 1. The zero-order valence-electron chi connectivity index (χ0n) is 24.9. The van der Waals surface area contributed by atoms with E-state index in [-0.39, 0.29) is 12.2 Å². The molecular weight excluding hydrogens is 514 g/mol. The molecule has 0 aromatic carbocycles. The molecule has 1 heterocycles. The number of hydrogen-bond donors (Lipinski definition) is 3. The minimum Gasteiger partial charge on any atom is -0.460 e. The average molecular weight is 564 g/mol. The van der Waals surface area contributed by atoms with Crippen molar-refractivity contribution < 1.29 is 33.8 Å². The van der Waals surface area contributed by atoms with Crippen LogP contribution in [0.4, 0.5) is 0 Å². The molecule has 3 atom stereocenters. The summed E-state index contributed by atoms with van der Waals surface area (Å²) in [7, 11) is 1.42. The Hall–Kier alpha value is -3.01. The first-order chi connectivity index (χ1) is 18.7. The van der Waals surface area contributed by atoms with Gasteiger partial charge in [0, 0.05) is 18.8 Å². The number of cyclic esters (lactones) is 1. The predicted octanol–water partition coefficient (Wildman–Crippen LogP) is 3.19. The van der Waals surface area contributed by atoms with Crippen molar-refractivity contribution in [3.05, 3.63) is 24.4 Å². The highest BCUT2D eigenvalue weighted by Gasteiger charge is 2.44. The summed E-state index contributed by atoms with van der Waals surface area (Å²) in [4.78, 5) is 64.2. The molecule has 1 aliphatic heterocycles. The Morgan fingerprint density at radius 1 is 1.02 bits per heavy atom. The van der Waals surface area contributed by atoms with Gasteiger partial charge in [-0.2, -0.15) is 0 Å². The molecule has 40 heavy (non-hydrogen) atoms. The minimum absolute atomic E-state index is 0.0792. The van der Waals surface area contributed by atoms with Gasteiger partial charge in [-0.25, -0.2) is 0 Å². The molecule has 3 amide bonds. The predicted molar refractivity (Wildman–Crippen MR) is 153 cm³/mol. The summed E-state index contributed by atoms with van der Waals surface area (Å²) in [6.45, 7) is 9.76. The van der Waals surface area contributed by atoms with E-state index in [0.29, 0.717) is 12.8 Å². The van der Waals surface area contributed by atoms with Crippen LogP contribution in [0.15, 0.2) is 24.4 Å². The number of carbonyl (C=O) groups excluding carboxylic acids is 5. The number of Topliss-reactive ketones (excluding diaryl/α,β-unsaturated/α-hetero) is 1. The van der Waals surface area contributed by atoms with Crippen molar-refractivity contribution >= 4 is 29.5 Å². The van der Waals surface area contributed by atoms with E-state index in [2.05, 4.69) is 31.1 Å². The standard InChI is InChI=1S/C30H49N3O7/c1-21(2)15-13-11-9-7-8-10-12-14-16-24-23(4)28(37)30(5,39)29(38)31-19-25(34)32-22(3)17-18-26(35)33(6)20-27(36)40-24/h17-18,21,23-24,39H,3,7-16,19-20H2,1-2,4-6H3,(H,31,38)(H,32,34). The highest BCUT2D eigenvalue weighted by molar-refractivity contribution is 6.10. The highest BCUT2D eigenvalue weighted by Crippen LogP contribution is 2.23. The topological polar surface area (TPSA) is 142 Å². The Labute approximate surface area is 239 Å². The molecule has 0 bridgehead atoms. The van der Waals surface area contributed by atoms with Crippen molar-refractivity contribution in [2.45, 2.75) is 104 Å². The van der Waals surface area contributed by atoms with Gasteiger partial charge in [-0.15, -0.1) is 0 Å². The molecule has 0 radical (unpaired) electrons. The molecule has 226 valence electrons. The number of hydrogen-bond acceptors (Lipinski definition) is 7. The van der Waals surface area contributed by atoms with E-state index in [0.717, 1.165) is 43.1 Å². The fourth-order valence-corrected chi connectivity index (χ4v) is 4.47. The van der Waals surface area contributed by atoms with Gasteiger partial charge in [0.2, 0.25) is 11.8 Å². The van der Waals surface area contributed by atoms with Crippen molar-refractivity contribution in [3.63, 3.8) is 0 Å². The third-order valence-corrected chi connectivity index (χ3v) is 7.08. The maximum absolute atomic E-state index is 13.2. The van der Waals surface area contributed by atoms with E-state index in [1.54, 1.807) is 0 Å². The zero-order valence-corrected chi connectivity index (χ0v) is 24.9. The van der Waals surface area contributed by atoms with Crippen molar-refractivity contribution in [2.75, 3.05) is 20.1 Å². The van der Waals surface area contributed by atoms with Crippen LogP contribution < -0.4 is 10.6 Å². The largest absolute Gasteiger partial charge is 0.460 e. The number of amides is 3. The van der Waals surface area contributed by atoms with Crippen LogP contribution in [0.2, 0.25) is 0 Å². The van der Waals surface area contributed by atoms with Crippen LogP contribution >= 0.6 is 0 Å².